The second-order valence-electron chi connectivity index (χ2n) is 3.72. The summed E-state index contributed by atoms with van der Waals surface area (Å²) in [6.07, 6.45) is 0.927. The van der Waals surface area contributed by atoms with Crippen molar-refractivity contribution in [2.75, 3.05) is 20.2 Å². The molecular formula is C11H15NO2. The molecule has 1 saturated heterocycles. The number of rotatable bonds is 3. The molecular weight excluding hydrogens is 178 g/mol. The van der Waals surface area contributed by atoms with E-state index < -0.39 is 0 Å². The molecule has 0 aromatic heterocycles. The first kappa shape index (κ1) is 9.34. The molecule has 0 bridgehead atoms. The maximum atomic E-state index is 9.62. The molecule has 0 atom stereocenters. The SMILES string of the molecule is COc1ccc(O)c(CC2CNC2)c1. The van der Waals surface area contributed by atoms with Crippen LogP contribution in [0.4, 0.5) is 0 Å². The summed E-state index contributed by atoms with van der Waals surface area (Å²) in [4.78, 5) is 0. The van der Waals surface area contributed by atoms with E-state index >= 15 is 0 Å². The van der Waals surface area contributed by atoms with Crippen LogP contribution in [-0.4, -0.2) is 25.3 Å². The summed E-state index contributed by atoms with van der Waals surface area (Å²) in [7, 11) is 1.64. The summed E-state index contributed by atoms with van der Waals surface area (Å²) in [5.41, 5.74) is 0.982. The molecule has 0 saturated carbocycles. The van der Waals surface area contributed by atoms with Crippen LogP contribution in [-0.2, 0) is 6.42 Å². The van der Waals surface area contributed by atoms with Crippen molar-refractivity contribution in [2.45, 2.75) is 6.42 Å². The molecule has 1 aromatic rings. The van der Waals surface area contributed by atoms with E-state index in [1.807, 2.05) is 6.07 Å². The highest BCUT2D eigenvalue weighted by atomic mass is 16.5. The summed E-state index contributed by atoms with van der Waals surface area (Å²) in [6.45, 7) is 2.10. The summed E-state index contributed by atoms with van der Waals surface area (Å²) in [6, 6.07) is 5.38. The molecule has 0 spiro atoms. The number of nitrogens with one attached hydrogen (secondary N) is 1. The average molecular weight is 193 g/mol. The minimum Gasteiger partial charge on any atom is -0.508 e. The second-order valence-corrected chi connectivity index (χ2v) is 3.72. The van der Waals surface area contributed by atoms with E-state index in [2.05, 4.69) is 5.32 Å². The number of phenolic OH excluding ortho intramolecular Hbond substituents is 1. The van der Waals surface area contributed by atoms with Crippen molar-refractivity contribution in [2.24, 2.45) is 5.92 Å². The quantitative estimate of drug-likeness (QED) is 0.757. The van der Waals surface area contributed by atoms with Crippen molar-refractivity contribution in [1.29, 1.82) is 0 Å². The van der Waals surface area contributed by atoms with E-state index in [0.29, 0.717) is 11.7 Å². The first-order valence-electron chi connectivity index (χ1n) is 4.86. The molecule has 0 unspecified atom stereocenters. The highest BCUT2D eigenvalue weighted by molar-refractivity contribution is 5.39. The minimum atomic E-state index is 0.373. The molecule has 2 N–H and O–H groups in total. The third-order valence-corrected chi connectivity index (χ3v) is 2.66. The van der Waals surface area contributed by atoms with Gasteiger partial charge in [-0.2, -0.15) is 0 Å². The topological polar surface area (TPSA) is 41.5 Å². The summed E-state index contributed by atoms with van der Waals surface area (Å²) in [5.74, 6) is 1.84. The number of phenols is 1. The van der Waals surface area contributed by atoms with E-state index in [-0.39, 0.29) is 0 Å². The zero-order chi connectivity index (χ0) is 9.97. The summed E-state index contributed by atoms with van der Waals surface area (Å²) < 4.78 is 5.12. The van der Waals surface area contributed by atoms with Crippen LogP contribution >= 0.6 is 0 Å². The van der Waals surface area contributed by atoms with Gasteiger partial charge in [-0.15, -0.1) is 0 Å². The molecule has 1 aromatic carbocycles. The Morgan fingerprint density at radius 1 is 1.50 bits per heavy atom. The Morgan fingerprint density at radius 3 is 2.86 bits per heavy atom. The third-order valence-electron chi connectivity index (χ3n) is 2.66. The number of hydrogen-bond donors (Lipinski definition) is 2. The number of hydrogen-bond acceptors (Lipinski definition) is 3. The van der Waals surface area contributed by atoms with Crippen molar-refractivity contribution in [3.63, 3.8) is 0 Å². The van der Waals surface area contributed by atoms with Gasteiger partial charge in [0.25, 0.3) is 0 Å². The maximum absolute atomic E-state index is 9.62. The van der Waals surface area contributed by atoms with Gasteiger partial charge in [0.15, 0.2) is 0 Å². The van der Waals surface area contributed by atoms with Gasteiger partial charge in [-0.1, -0.05) is 0 Å². The zero-order valence-corrected chi connectivity index (χ0v) is 8.29. The van der Waals surface area contributed by atoms with E-state index in [1.54, 1.807) is 19.2 Å². The van der Waals surface area contributed by atoms with Gasteiger partial charge in [-0.3, -0.25) is 0 Å². The fourth-order valence-electron chi connectivity index (χ4n) is 1.66. The highest BCUT2D eigenvalue weighted by Gasteiger charge is 2.18. The molecule has 0 amide bonds. The Morgan fingerprint density at radius 2 is 2.29 bits per heavy atom. The number of aromatic hydroxyl groups is 1. The fourth-order valence-corrected chi connectivity index (χ4v) is 1.66. The number of methoxy groups -OCH3 is 1. The maximum Gasteiger partial charge on any atom is 0.119 e. The monoisotopic (exact) mass is 193 g/mol. The molecule has 1 aliphatic heterocycles. The van der Waals surface area contributed by atoms with E-state index in [0.717, 1.165) is 30.8 Å². The predicted molar refractivity (Wildman–Crippen MR) is 54.7 cm³/mol. The Labute approximate surface area is 83.7 Å². The molecule has 3 heteroatoms. The van der Waals surface area contributed by atoms with Crippen LogP contribution in [0.2, 0.25) is 0 Å². The lowest BCUT2D eigenvalue weighted by Gasteiger charge is -2.27. The van der Waals surface area contributed by atoms with Gasteiger partial charge >= 0.3 is 0 Å². The van der Waals surface area contributed by atoms with E-state index in [9.17, 15) is 5.11 Å². The first-order chi connectivity index (χ1) is 6.79. The predicted octanol–water partition coefficient (Wildman–Crippen LogP) is 1.16. The lowest BCUT2D eigenvalue weighted by molar-refractivity contribution is 0.340. The van der Waals surface area contributed by atoms with Crippen molar-refractivity contribution >= 4 is 0 Å². The number of benzene rings is 1. The van der Waals surface area contributed by atoms with E-state index in [1.165, 1.54) is 0 Å². The molecule has 76 valence electrons. The van der Waals surface area contributed by atoms with Crippen molar-refractivity contribution in [1.82, 2.24) is 5.32 Å². The molecule has 1 heterocycles. The van der Waals surface area contributed by atoms with Gasteiger partial charge < -0.3 is 15.2 Å². The van der Waals surface area contributed by atoms with Gasteiger partial charge in [0.1, 0.15) is 11.5 Å². The molecule has 14 heavy (non-hydrogen) atoms. The number of ether oxygens (including phenoxy) is 1. The normalized spacial score (nSPS) is 16.4. The Bertz CT molecular complexity index is 321. The van der Waals surface area contributed by atoms with Crippen molar-refractivity contribution in [3.8, 4) is 11.5 Å². The largest absolute Gasteiger partial charge is 0.508 e. The van der Waals surface area contributed by atoms with Gasteiger partial charge in [0, 0.05) is 0 Å². The molecule has 1 aliphatic rings. The van der Waals surface area contributed by atoms with Crippen LogP contribution in [0.5, 0.6) is 11.5 Å². The Hall–Kier alpha value is -1.22. The standard InChI is InChI=1S/C11H15NO2/c1-14-10-2-3-11(13)9(5-10)4-8-6-12-7-8/h2-3,5,8,12-13H,4,6-7H2,1H3. The smallest absolute Gasteiger partial charge is 0.119 e. The van der Waals surface area contributed by atoms with Gasteiger partial charge in [0.05, 0.1) is 7.11 Å². The van der Waals surface area contributed by atoms with Crippen LogP contribution in [0.25, 0.3) is 0 Å². The van der Waals surface area contributed by atoms with Gasteiger partial charge in [0.2, 0.25) is 0 Å². The summed E-state index contributed by atoms with van der Waals surface area (Å²) in [5, 5.41) is 12.8. The molecule has 0 radical (unpaired) electrons. The fraction of sp³-hybridized carbons (Fsp3) is 0.455. The average Bonchev–Trinajstić information content (AvgIpc) is 2.14. The van der Waals surface area contributed by atoms with Crippen LogP contribution in [0, 0.1) is 5.92 Å². The minimum absolute atomic E-state index is 0.373. The van der Waals surface area contributed by atoms with Crippen molar-refractivity contribution in [3.05, 3.63) is 23.8 Å². The van der Waals surface area contributed by atoms with E-state index in [4.69, 9.17) is 4.74 Å². The highest BCUT2D eigenvalue weighted by Crippen LogP contribution is 2.26. The van der Waals surface area contributed by atoms with Crippen LogP contribution < -0.4 is 10.1 Å². The molecule has 2 rings (SSSR count). The summed E-state index contributed by atoms with van der Waals surface area (Å²) >= 11 is 0. The van der Waals surface area contributed by atoms with Gasteiger partial charge in [-0.25, -0.2) is 0 Å². The molecule has 0 aliphatic carbocycles. The Kier molecular flexibility index (Phi) is 2.59. The Balaban J connectivity index is 2.13. The van der Waals surface area contributed by atoms with Crippen LogP contribution in [0.15, 0.2) is 18.2 Å². The lowest BCUT2D eigenvalue weighted by Crippen LogP contribution is -2.43. The molecule has 1 fully saturated rings. The third kappa shape index (κ3) is 1.82. The lowest BCUT2D eigenvalue weighted by atomic mass is 9.94. The van der Waals surface area contributed by atoms with Crippen molar-refractivity contribution < 1.29 is 9.84 Å². The van der Waals surface area contributed by atoms with Crippen LogP contribution in [0.3, 0.4) is 0 Å². The zero-order valence-electron chi connectivity index (χ0n) is 8.29. The van der Waals surface area contributed by atoms with Gasteiger partial charge in [-0.05, 0) is 49.2 Å². The molecule has 3 nitrogen and oxygen atoms in total. The second kappa shape index (κ2) is 3.88. The van der Waals surface area contributed by atoms with Crippen LogP contribution in [0.1, 0.15) is 5.56 Å². The first-order valence-corrected chi connectivity index (χ1v) is 4.86.